The van der Waals surface area contributed by atoms with Crippen LogP contribution < -0.4 is 15.1 Å². The molecule has 9 heteroatoms. The maximum Gasteiger partial charge on any atom is 0.265 e. The molecule has 0 bridgehead atoms. The fourth-order valence-corrected chi connectivity index (χ4v) is 6.59. The summed E-state index contributed by atoms with van der Waals surface area (Å²) in [5, 5.41) is 9.15. The fourth-order valence-electron chi connectivity index (χ4n) is 4.65. The van der Waals surface area contributed by atoms with Gasteiger partial charge in [0, 0.05) is 32.0 Å². The van der Waals surface area contributed by atoms with Crippen LogP contribution in [0, 0.1) is 0 Å². The van der Waals surface area contributed by atoms with Crippen LogP contribution in [0.4, 0.5) is 5.69 Å². The first-order chi connectivity index (χ1) is 16.0. The van der Waals surface area contributed by atoms with Gasteiger partial charge >= 0.3 is 0 Å². The zero-order valence-corrected chi connectivity index (χ0v) is 19.4. The number of para-hydroxylation sites is 1. The van der Waals surface area contributed by atoms with Crippen molar-refractivity contribution in [3.8, 4) is 5.75 Å². The van der Waals surface area contributed by atoms with Gasteiger partial charge in [0.1, 0.15) is 5.75 Å². The van der Waals surface area contributed by atoms with E-state index in [9.17, 15) is 13.2 Å². The van der Waals surface area contributed by atoms with Crippen molar-refractivity contribution in [3.63, 3.8) is 0 Å². The molecule has 33 heavy (non-hydrogen) atoms. The molecule has 2 heterocycles. The molecule has 1 amide bonds. The summed E-state index contributed by atoms with van der Waals surface area (Å²) < 4.78 is 35.9. The zero-order chi connectivity index (χ0) is 23.3. The fraction of sp³-hybridized carbons (Fsp3) is 0.458. The second-order valence-electron chi connectivity index (χ2n) is 8.44. The number of anilines is 1. The lowest BCUT2D eigenvalue weighted by Gasteiger charge is -2.34. The van der Waals surface area contributed by atoms with E-state index in [1.54, 1.807) is 12.1 Å². The van der Waals surface area contributed by atoms with Gasteiger partial charge in [0.05, 0.1) is 11.5 Å². The van der Waals surface area contributed by atoms with Crippen molar-refractivity contribution in [2.24, 2.45) is 0 Å². The van der Waals surface area contributed by atoms with Gasteiger partial charge in [-0.25, -0.2) is 13.9 Å². The Balaban J connectivity index is 1.36. The molecule has 4 rings (SSSR count). The molecule has 1 saturated heterocycles. The molecule has 0 saturated carbocycles. The van der Waals surface area contributed by atoms with Crippen molar-refractivity contribution in [3.05, 3.63) is 54.1 Å². The molecule has 0 atom stereocenters. The number of hydroxylamine groups is 1. The second-order valence-corrected chi connectivity index (χ2v) is 10.7. The number of fused-ring (bicyclic) bond motifs is 1. The van der Waals surface area contributed by atoms with E-state index in [1.807, 2.05) is 0 Å². The molecule has 1 fully saturated rings. The maximum absolute atomic E-state index is 13.3. The highest BCUT2D eigenvalue weighted by Gasteiger charge is 2.52. The van der Waals surface area contributed by atoms with Crippen LogP contribution in [0.1, 0.15) is 31.2 Å². The minimum atomic E-state index is -4.03. The standard InChI is InChI=1S/C24H30N2O6S/c27-23(25-28)24(12-17-31-18-13-24)33(29,30)21-10-8-20(9-11-21)32-16-4-15-26-14-3-6-19-5-1-2-7-22(19)26/h1-2,5,7-11,28H,3-4,6,12-18H2,(H,25,27). The topological polar surface area (TPSA) is 105 Å². The van der Waals surface area contributed by atoms with E-state index in [0.29, 0.717) is 12.4 Å². The molecule has 0 radical (unpaired) electrons. The summed E-state index contributed by atoms with van der Waals surface area (Å²) in [6.45, 7) is 2.71. The van der Waals surface area contributed by atoms with Crippen LogP contribution in [0.2, 0.25) is 0 Å². The quantitative estimate of drug-likeness (QED) is 0.344. The number of benzene rings is 2. The summed E-state index contributed by atoms with van der Waals surface area (Å²) in [6, 6.07) is 14.6. The highest BCUT2D eigenvalue weighted by molar-refractivity contribution is 7.93. The highest BCUT2D eigenvalue weighted by atomic mass is 32.2. The van der Waals surface area contributed by atoms with Crippen LogP contribution in [0.5, 0.6) is 5.75 Å². The van der Waals surface area contributed by atoms with Crippen molar-refractivity contribution in [1.29, 1.82) is 0 Å². The van der Waals surface area contributed by atoms with E-state index >= 15 is 0 Å². The molecule has 2 aromatic rings. The zero-order valence-electron chi connectivity index (χ0n) is 18.5. The predicted molar refractivity (Wildman–Crippen MR) is 123 cm³/mol. The minimum absolute atomic E-state index is 0.0143. The molecule has 2 aliphatic rings. The summed E-state index contributed by atoms with van der Waals surface area (Å²) >= 11 is 0. The molecule has 2 aliphatic heterocycles. The van der Waals surface area contributed by atoms with Gasteiger partial charge in [0.2, 0.25) is 0 Å². The number of hydrogen-bond acceptors (Lipinski definition) is 7. The molecule has 0 unspecified atom stereocenters. The average molecular weight is 475 g/mol. The lowest BCUT2D eigenvalue weighted by atomic mass is 9.98. The van der Waals surface area contributed by atoms with Crippen LogP contribution in [0.25, 0.3) is 0 Å². The summed E-state index contributed by atoms with van der Waals surface area (Å²) in [4.78, 5) is 14.7. The van der Waals surface area contributed by atoms with Gasteiger partial charge < -0.3 is 14.4 Å². The van der Waals surface area contributed by atoms with Gasteiger partial charge in [0.25, 0.3) is 5.91 Å². The van der Waals surface area contributed by atoms with Gasteiger partial charge in [0.15, 0.2) is 14.6 Å². The number of nitrogens with one attached hydrogen (secondary N) is 1. The van der Waals surface area contributed by atoms with Crippen LogP contribution >= 0.6 is 0 Å². The number of sulfone groups is 1. The van der Waals surface area contributed by atoms with E-state index in [1.165, 1.54) is 28.9 Å². The second kappa shape index (κ2) is 10.1. The predicted octanol–water partition coefficient (Wildman–Crippen LogP) is 2.74. The first-order valence-electron chi connectivity index (χ1n) is 11.3. The Hall–Kier alpha value is -2.62. The molecule has 178 valence electrons. The third-order valence-electron chi connectivity index (χ3n) is 6.51. The van der Waals surface area contributed by atoms with E-state index < -0.39 is 20.5 Å². The highest BCUT2D eigenvalue weighted by Crippen LogP contribution is 2.36. The molecule has 0 spiro atoms. The van der Waals surface area contributed by atoms with Gasteiger partial charge in [-0.05, 0) is 68.0 Å². The smallest absolute Gasteiger partial charge is 0.265 e. The number of rotatable bonds is 8. The number of ether oxygens (including phenoxy) is 2. The van der Waals surface area contributed by atoms with Crippen LogP contribution in [-0.4, -0.2) is 57.2 Å². The molecule has 2 N–H and O–H groups in total. The van der Waals surface area contributed by atoms with E-state index in [0.717, 1.165) is 32.4 Å². The molecular formula is C24H30N2O6S. The van der Waals surface area contributed by atoms with Gasteiger partial charge in [-0.15, -0.1) is 0 Å². The van der Waals surface area contributed by atoms with Crippen LogP contribution in [0.3, 0.4) is 0 Å². The average Bonchev–Trinajstić information content (AvgIpc) is 2.86. The number of hydrogen-bond donors (Lipinski definition) is 2. The number of carbonyl (C=O) groups is 1. The molecule has 2 aromatic carbocycles. The van der Waals surface area contributed by atoms with Crippen molar-refractivity contribution in [2.45, 2.75) is 41.7 Å². The SMILES string of the molecule is O=C(NO)C1(S(=O)(=O)c2ccc(OCCCN3CCCc4ccccc43)cc2)CCOCC1. The summed E-state index contributed by atoms with van der Waals surface area (Å²) in [5.74, 6) is -0.356. The minimum Gasteiger partial charge on any atom is -0.494 e. The Labute approximate surface area is 194 Å². The Morgan fingerprint density at radius 2 is 1.85 bits per heavy atom. The van der Waals surface area contributed by atoms with E-state index in [-0.39, 0.29) is 31.0 Å². The number of carbonyl (C=O) groups excluding carboxylic acids is 1. The van der Waals surface area contributed by atoms with Gasteiger partial charge in [-0.2, -0.15) is 0 Å². The molecule has 0 aliphatic carbocycles. The van der Waals surface area contributed by atoms with Crippen molar-refractivity contribution in [2.75, 3.05) is 37.8 Å². The molecule has 0 aromatic heterocycles. The van der Waals surface area contributed by atoms with Gasteiger partial charge in [-0.3, -0.25) is 10.0 Å². The third kappa shape index (κ3) is 4.71. The van der Waals surface area contributed by atoms with E-state index in [2.05, 4.69) is 29.2 Å². The number of aryl methyl sites for hydroxylation is 1. The molecule has 8 nitrogen and oxygen atoms in total. The monoisotopic (exact) mass is 474 g/mol. The third-order valence-corrected chi connectivity index (χ3v) is 9.03. The first-order valence-corrected chi connectivity index (χ1v) is 12.8. The summed E-state index contributed by atoms with van der Waals surface area (Å²) in [5.41, 5.74) is 4.21. The number of amides is 1. The summed E-state index contributed by atoms with van der Waals surface area (Å²) in [7, 11) is -4.03. The van der Waals surface area contributed by atoms with Gasteiger partial charge in [-0.1, -0.05) is 18.2 Å². The normalized spacial score (nSPS) is 17.8. The Kier molecular flexibility index (Phi) is 7.21. The molecular weight excluding hydrogens is 444 g/mol. The lowest BCUT2D eigenvalue weighted by Crippen LogP contribution is -2.54. The van der Waals surface area contributed by atoms with Crippen molar-refractivity contribution < 1.29 is 27.9 Å². The van der Waals surface area contributed by atoms with Crippen LogP contribution in [0.15, 0.2) is 53.4 Å². The van der Waals surface area contributed by atoms with Crippen LogP contribution in [-0.2, 0) is 25.8 Å². The first kappa shape index (κ1) is 23.5. The van der Waals surface area contributed by atoms with Crippen molar-refractivity contribution in [1.82, 2.24) is 5.48 Å². The van der Waals surface area contributed by atoms with E-state index in [4.69, 9.17) is 14.7 Å². The van der Waals surface area contributed by atoms with Crippen molar-refractivity contribution >= 4 is 21.4 Å². The Bertz CT molecular complexity index is 1060. The Morgan fingerprint density at radius 3 is 2.58 bits per heavy atom. The number of nitrogens with zero attached hydrogens (tertiary/aromatic N) is 1. The maximum atomic E-state index is 13.3. The Morgan fingerprint density at radius 1 is 1.12 bits per heavy atom. The summed E-state index contributed by atoms with van der Waals surface area (Å²) in [6.07, 6.45) is 3.08. The lowest BCUT2D eigenvalue weighted by molar-refractivity contribution is -0.134. The largest absolute Gasteiger partial charge is 0.494 e.